The zero-order chi connectivity index (χ0) is 55.7. The zero-order valence-electron chi connectivity index (χ0n) is 50.7. The van der Waals surface area contributed by atoms with Crippen LogP contribution < -0.4 is 0 Å². The number of ether oxygens (including phenoxy) is 3. The summed E-state index contributed by atoms with van der Waals surface area (Å²) in [6.07, 6.45) is 87.6. The van der Waals surface area contributed by atoms with Crippen LogP contribution in [0.15, 0.2) is 97.2 Å². The minimum atomic E-state index is -0.784. The van der Waals surface area contributed by atoms with Crippen molar-refractivity contribution in [2.75, 3.05) is 13.2 Å². The van der Waals surface area contributed by atoms with E-state index in [9.17, 15) is 14.4 Å². The van der Waals surface area contributed by atoms with E-state index in [1.54, 1.807) is 0 Å². The molecule has 0 saturated heterocycles. The molecule has 0 fully saturated rings. The maximum absolute atomic E-state index is 12.8. The highest BCUT2D eigenvalue weighted by Crippen LogP contribution is 2.17. The van der Waals surface area contributed by atoms with Crippen LogP contribution in [-0.2, 0) is 28.6 Å². The van der Waals surface area contributed by atoms with Crippen molar-refractivity contribution in [3.63, 3.8) is 0 Å². The number of carbonyl (C=O) groups excluding carboxylic acids is 3. The normalized spacial score (nSPS) is 12.7. The Kier molecular flexibility index (Phi) is 61.8. The SMILES string of the molecule is CC/C=C\C/C=C\C/C=C\C/C=C\C/C=C\C/C=C\C/C=C\C/C=C\CCCCCCC(=O)OCC(COC(=O)CCCCCCC)OC(=O)CCCCCCCCCCCCCCCCCCCCCCCCCCC. The molecule has 0 aromatic rings. The molecular weight excluding hydrogens is 949 g/mol. The van der Waals surface area contributed by atoms with Crippen LogP contribution in [0.5, 0.6) is 0 Å². The highest BCUT2D eigenvalue weighted by molar-refractivity contribution is 5.71. The summed E-state index contributed by atoms with van der Waals surface area (Å²) >= 11 is 0. The van der Waals surface area contributed by atoms with Crippen LogP contribution in [-0.4, -0.2) is 37.2 Å². The molecule has 0 spiro atoms. The zero-order valence-corrected chi connectivity index (χ0v) is 50.7. The second kappa shape index (κ2) is 64.9. The fourth-order valence-corrected chi connectivity index (χ4v) is 9.23. The summed E-state index contributed by atoms with van der Waals surface area (Å²) in [7, 11) is 0. The van der Waals surface area contributed by atoms with E-state index in [1.165, 1.54) is 148 Å². The molecule has 0 aliphatic carbocycles. The molecule has 0 radical (unpaired) electrons. The molecule has 0 aromatic carbocycles. The van der Waals surface area contributed by atoms with Gasteiger partial charge in [-0.2, -0.15) is 0 Å². The molecule has 6 heteroatoms. The van der Waals surface area contributed by atoms with E-state index in [0.717, 1.165) is 128 Å². The summed E-state index contributed by atoms with van der Waals surface area (Å²) in [5.74, 6) is -0.914. The molecule has 0 saturated carbocycles. The van der Waals surface area contributed by atoms with Gasteiger partial charge in [0.2, 0.25) is 0 Å². The lowest BCUT2D eigenvalue weighted by Gasteiger charge is -2.18. The molecule has 0 heterocycles. The molecule has 0 bridgehead atoms. The first-order chi connectivity index (χ1) is 38.0. The van der Waals surface area contributed by atoms with Crippen LogP contribution in [0.3, 0.4) is 0 Å². The summed E-state index contributed by atoms with van der Waals surface area (Å²) in [4.78, 5) is 37.9. The molecule has 442 valence electrons. The van der Waals surface area contributed by atoms with Gasteiger partial charge in [0.05, 0.1) is 0 Å². The van der Waals surface area contributed by atoms with Gasteiger partial charge in [-0.25, -0.2) is 0 Å². The lowest BCUT2D eigenvalue weighted by Crippen LogP contribution is -2.30. The van der Waals surface area contributed by atoms with E-state index in [2.05, 4.69) is 118 Å². The van der Waals surface area contributed by atoms with Crippen LogP contribution in [0.4, 0.5) is 0 Å². The molecule has 0 aromatic heterocycles. The summed E-state index contributed by atoms with van der Waals surface area (Å²) in [5.41, 5.74) is 0. The van der Waals surface area contributed by atoms with Gasteiger partial charge >= 0.3 is 17.9 Å². The number of hydrogen-bond donors (Lipinski definition) is 0. The summed E-state index contributed by atoms with van der Waals surface area (Å²) in [5, 5.41) is 0. The van der Waals surface area contributed by atoms with Gasteiger partial charge in [0.1, 0.15) is 13.2 Å². The molecule has 77 heavy (non-hydrogen) atoms. The van der Waals surface area contributed by atoms with Crippen LogP contribution >= 0.6 is 0 Å². The van der Waals surface area contributed by atoms with Gasteiger partial charge in [-0.15, -0.1) is 0 Å². The molecule has 0 amide bonds. The predicted molar refractivity (Wildman–Crippen MR) is 334 cm³/mol. The number of allylic oxidation sites excluding steroid dienone is 16. The molecule has 1 atom stereocenters. The molecule has 0 aliphatic rings. The van der Waals surface area contributed by atoms with Gasteiger partial charge in [-0.1, -0.05) is 311 Å². The number of rotatable bonds is 59. The Bertz CT molecular complexity index is 1510. The third kappa shape index (κ3) is 63.0. The van der Waals surface area contributed by atoms with Crippen molar-refractivity contribution in [1.29, 1.82) is 0 Å². The Morgan fingerprint density at radius 2 is 0.506 bits per heavy atom. The number of unbranched alkanes of at least 4 members (excludes halogenated alkanes) is 32. The van der Waals surface area contributed by atoms with Gasteiger partial charge in [-0.05, 0) is 83.5 Å². The Hall–Kier alpha value is -3.67. The van der Waals surface area contributed by atoms with Gasteiger partial charge in [0, 0.05) is 19.3 Å². The van der Waals surface area contributed by atoms with Gasteiger partial charge < -0.3 is 14.2 Å². The van der Waals surface area contributed by atoms with Crippen molar-refractivity contribution in [3.05, 3.63) is 97.2 Å². The van der Waals surface area contributed by atoms with Gasteiger partial charge in [-0.3, -0.25) is 14.4 Å². The van der Waals surface area contributed by atoms with Gasteiger partial charge in [0.15, 0.2) is 6.10 Å². The number of esters is 3. The lowest BCUT2D eigenvalue weighted by molar-refractivity contribution is -0.167. The average Bonchev–Trinajstić information content (AvgIpc) is 3.43. The van der Waals surface area contributed by atoms with Crippen molar-refractivity contribution in [3.8, 4) is 0 Å². The Morgan fingerprint density at radius 3 is 0.792 bits per heavy atom. The average molecular weight is 1070 g/mol. The van der Waals surface area contributed by atoms with Crippen LogP contribution in [0.25, 0.3) is 0 Å². The fraction of sp³-hybridized carbons (Fsp3) is 0.732. The summed E-state index contributed by atoms with van der Waals surface area (Å²) in [6.45, 7) is 6.45. The quantitative estimate of drug-likeness (QED) is 0.0261. The highest BCUT2D eigenvalue weighted by atomic mass is 16.6. The van der Waals surface area contributed by atoms with Crippen LogP contribution in [0.2, 0.25) is 0 Å². The first kappa shape index (κ1) is 73.3. The van der Waals surface area contributed by atoms with Crippen molar-refractivity contribution < 1.29 is 28.6 Å². The lowest BCUT2D eigenvalue weighted by atomic mass is 10.0. The highest BCUT2D eigenvalue weighted by Gasteiger charge is 2.19. The van der Waals surface area contributed by atoms with E-state index in [0.29, 0.717) is 19.3 Å². The maximum Gasteiger partial charge on any atom is 0.306 e. The van der Waals surface area contributed by atoms with Crippen molar-refractivity contribution >= 4 is 17.9 Å². The fourth-order valence-electron chi connectivity index (χ4n) is 9.23. The monoisotopic (exact) mass is 1070 g/mol. The van der Waals surface area contributed by atoms with Crippen molar-refractivity contribution in [1.82, 2.24) is 0 Å². The Morgan fingerprint density at radius 1 is 0.273 bits per heavy atom. The predicted octanol–water partition coefficient (Wildman–Crippen LogP) is 22.4. The Labute approximate surface area is 477 Å². The first-order valence-corrected chi connectivity index (χ1v) is 32.7. The van der Waals surface area contributed by atoms with E-state index < -0.39 is 6.10 Å². The molecule has 6 nitrogen and oxygen atoms in total. The van der Waals surface area contributed by atoms with Crippen LogP contribution in [0.1, 0.15) is 316 Å². The molecular formula is C71H122O6. The van der Waals surface area contributed by atoms with Gasteiger partial charge in [0.25, 0.3) is 0 Å². The third-order valence-electron chi connectivity index (χ3n) is 14.1. The molecule has 1 unspecified atom stereocenters. The van der Waals surface area contributed by atoms with Crippen molar-refractivity contribution in [2.45, 2.75) is 322 Å². The minimum Gasteiger partial charge on any atom is -0.462 e. The van der Waals surface area contributed by atoms with E-state index in [1.807, 2.05) is 0 Å². The van der Waals surface area contributed by atoms with Crippen molar-refractivity contribution in [2.24, 2.45) is 0 Å². The Balaban J connectivity index is 4.09. The molecule has 0 N–H and O–H groups in total. The first-order valence-electron chi connectivity index (χ1n) is 32.7. The second-order valence-electron chi connectivity index (χ2n) is 21.7. The maximum atomic E-state index is 12.8. The summed E-state index contributed by atoms with van der Waals surface area (Å²) in [6, 6.07) is 0. The van der Waals surface area contributed by atoms with E-state index in [4.69, 9.17) is 14.2 Å². The van der Waals surface area contributed by atoms with E-state index >= 15 is 0 Å². The largest absolute Gasteiger partial charge is 0.462 e. The van der Waals surface area contributed by atoms with E-state index in [-0.39, 0.29) is 31.1 Å². The topological polar surface area (TPSA) is 78.9 Å². The third-order valence-corrected chi connectivity index (χ3v) is 14.1. The van der Waals surface area contributed by atoms with Crippen LogP contribution in [0, 0.1) is 0 Å². The number of hydrogen-bond acceptors (Lipinski definition) is 6. The molecule has 0 rings (SSSR count). The molecule has 0 aliphatic heterocycles. The summed E-state index contributed by atoms with van der Waals surface area (Å²) < 4.78 is 16.8. The second-order valence-corrected chi connectivity index (χ2v) is 21.7. The smallest absolute Gasteiger partial charge is 0.306 e. The number of carbonyl (C=O) groups is 3. The standard InChI is InChI=1S/C71H122O6/c1-4-7-10-13-15-17-19-21-23-25-27-29-31-33-34-35-36-38-39-41-43-45-47-49-51-53-55-58-61-64-70(73)76-67-68(66-75-69(72)63-60-57-12-9-6-3)77-71(74)65-62-59-56-54-52-50-48-46-44-42-40-37-32-30-28-26-24-22-20-18-16-14-11-8-5-2/h7,10,15,17,21,23,27,29,33-34,36,38,41,43,47,49,68H,4-6,8-9,11-14,16,18-20,22,24-26,28,30-32,35,37,39-40,42,44-46,48,50-67H2,1-3H3/b10-7-,17-15-,23-21-,29-27-,34-33-,38-36-,43-41-,49-47-. The minimum absolute atomic E-state index is 0.0843.